The standard InChI is InChI=1S/C12H11NO4/c14-12-13-11-7-4-10-9(15-5-16-10)3-6(7)1-2-8(11)17-12/h3-4,8,11H,1-2,5H2,(H,13,14). The van der Waals surface area contributed by atoms with Crippen molar-refractivity contribution in [1.82, 2.24) is 5.32 Å². The monoisotopic (exact) mass is 233 g/mol. The number of hydrogen-bond acceptors (Lipinski definition) is 4. The molecule has 0 saturated carbocycles. The number of benzene rings is 1. The van der Waals surface area contributed by atoms with Crippen LogP contribution in [0.4, 0.5) is 4.79 Å². The highest BCUT2D eigenvalue weighted by Gasteiger charge is 2.40. The minimum atomic E-state index is -0.328. The molecule has 1 aromatic carbocycles. The van der Waals surface area contributed by atoms with Crippen molar-refractivity contribution in [3.05, 3.63) is 23.3 Å². The molecule has 0 radical (unpaired) electrons. The van der Waals surface area contributed by atoms with E-state index in [0.29, 0.717) is 0 Å². The van der Waals surface area contributed by atoms with E-state index in [1.165, 1.54) is 5.56 Å². The number of amides is 1. The number of carbonyl (C=O) groups is 1. The van der Waals surface area contributed by atoms with Gasteiger partial charge in [0.25, 0.3) is 0 Å². The van der Waals surface area contributed by atoms with Crippen LogP contribution in [-0.2, 0) is 11.2 Å². The Balaban J connectivity index is 1.82. The fourth-order valence-corrected chi connectivity index (χ4v) is 2.77. The highest BCUT2D eigenvalue weighted by Crippen LogP contribution is 2.42. The van der Waals surface area contributed by atoms with Crippen LogP contribution < -0.4 is 14.8 Å². The van der Waals surface area contributed by atoms with Crippen LogP contribution >= 0.6 is 0 Å². The lowest BCUT2D eigenvalue weighted by molar-refractivity contribution is 0.123. The first-order valence-corrected chi connectivity index (χ1v) is 5.71. The summed E-state index contributed by atoms with van der Waals surface area (Å²) in [5.74, 6) is 1.55. The highest BCUT2D eigenvalue weighted by atomic mass is 16.7. The molecule has 2 heterocycles. The van der Waals surface area contributed by atoms with Crippen LogP contribution in [-0.4, -0.2) is 19.0 Å². The first-order chi connectivity index (χ1) is 8.31. The molecule has 1 amide bonds. The normalized spacial score (nSPS) is 28.1. The maximum absolute atomic E-state index is 11.3. The molecule has 0 bridgehead atoms. The molecule has 17 heavy (non-hydrogen) atoms. The Morgan fingerprint density at radius 3 is 2.94 bits per heavy atom. The Morgan fingerprint density at radius 1 is 1.24 bits per heavy atom. The van der Waals surface area contributed by atoms with Crippen molar-refractivity contribution < 1.29 is 19.0 Å². The molecule has 2 unspecified atom stereocenters. The molecular weight excluding hydrogens is 222 g/mol. The molecule has 0 spiro atoms. The summed E-state index contributed by atoms with van der Waals surface area (Å²) in [7, 11) is 0. The van der Waals surface area contributed by atoms with Gasteiger partial charge in [0.2, 0.25) is 6.79 Å². The van der Waals surface area contributed by atoms with Crippen LogP contribution in [0.25, 0.3) is 0 Å². The highest BCUT2D eigenvalue weighted by molar-refractivity contribution is 5.71. The summed E-state index contributed by atoms with van der Waals surface area (Å²) in [6.45, 7) is 0.273. The lowest BCUT2D eigenvalue weighted by atomic mass is 9.86. The van der Waals surface area contributed by atoms with Crippen molar-refractivity contribution in [3.63, 3.8) is 0 Å². The van der Waals surface area contributed by atoms with Gasteiger partial charge in [0, 0.05) is 0 Å². The summed E-state index contributed by atoms with van der Waals surface area (Å²) in [6, 6.07) is 3.93. The van der Waals surface area contributed by atoms with E-state index in [2.05, 4.69) is 5.32 Å². The molecule has 1 saturated heterocycles. The van der Waals surface area contributed by atoms with E-state index < -0.39 is 0 Å². The SMILES string of the molecule is O=C1NC2c3cc4c(cc3CCC2O1)OCO4. The molecule has 1 N–H and O–H groups in total. The van der Waals surface area contributed by atoms with E-state index in [4.69, 9.17) is 14.2 Å². The van der Waals surface area contributed by atoms with Gasteiger partial charge >= 0.3 is 6.09 Å². The molecule has 5 nitrogen and oxygen atoms in total. The summed E-state index contributed by atoms with van der Waals surface area (Å²) in [6.07, 6.45) is 1.39. The lowest BCUT2D eigenvalue weighted by Gasteiger charge is -2.25. The molecule has 1 aliphatic carbocycles. The van der Waals surface area contributed by atoms with Gasteiger partial charge in [0.05, 0.1) is 6.04 Å². The number of nitrogens with one attached hydrogen (secondary N) is 1. The number of aryl methyl sites for hydroxylation is 1. The van der Waals surface area contributed by atoms with Crippen LogP contribution in [0, 0.1) is 0 Å². The zero-order valence-electron chi connectivity index (χ0n) is 9.06. The first-order valence-electron chi connectivity index (χ1n) is 5.71. The summed E-state index contributed by atoms with van der Waals surface area (Å²) >= 11 is 0. The second kappa shape index (κ2) is 3.06. The van der Waals surface area contributed by atoms with E-state index >= 15 is 0 Å². The average molecular weight is 233 g/mol. The number of rotatable bonds is 0. The van der Waals surface area contributed by atoms with Crippen LogP contribution in [0.1, 0.15) is 23.6 Å². The van der Waals surface area contributed by atoms with Crippen molar-refractivity contribution in [2.75, 3.05) is 6.79 Å². The second-order valence-electron chi connectivity index (χ2n) is 4.51. The summed E-state index contributed by atoms with van der Waals surface area (Å²) in [4.78, 5) is 11.3. The predicted molar refractivity (Wildman–Crippen MR) is 57.0 cm³/mol. The van der Waals surface area contributed by atoms with Crippen LogP contribution in [0.15, 0.2) is 12.1 Å². The fourth-order valence-electron chi connectivity index (χ4n) is 2.77. The Morgan fingerprint density at radius 2 is 2.06 bits per heavy atom. The number of alkyl carbamates (subject to hydrolysis) is 1. The fraction of sp³-hybridized carbons (Fsp3) is 0.417. The molecule has 1 aromatic rings. The van der Waals surface area contributed by atoms with Gasteiger partial charge in [-0.1, -0.05) is 0 Å². The topological polar surface area (TPSA) is 56.8 Å². The Bertz CT molecular complexity index is 513. The van der Waals surface area contributed by atoms with E-state index in [9.17, 15) is 4.79 Å². The van der Waals surface area contributed by atoms with E-state index in [0.717, 1.165) is 29.9 Å². The van der Waals surface area contributed by atoms with E-state index in [1.54, 1.807) is 0 Å². The van der Waals surface area contributed by atoms with Crippen molar-refractivity contribution in [1.29, 1.82) is 0 Å². The Labute approximate surface area is 97.7 Å². The lowest BCUT2D eigenvalue weighted by Crippen LogP contribution is -2.27. The predicted octanol–water partition coefficient (Wildman–Crippen LogP) is 1.51. The van der Waals surface area contributed by atoms with E-state index in [-0.39, 0.29) is 25.0 Å². The number of carbonyl (C=O) groups excluding carboxylic acids is 1. The van der Waals surface area contributed by atoms with Crippen molar-refractivity contribution in [3.8, 4) is 11.5 Å². The van der Waals surface area contributed by atoms with Crippen molar-refractivity contribution in [2.45, 2.75) is 25.0 Å². The molecule has 2 atom stereocenters. The third kappa shape index (κ3) is 1.22. The average Bonchev–Trinajstić information content (AvgIpc) is 2.90. The first kappa shape index (κ1) is 9.15. The summed E-state index contributed by atoms with van der Waals surface area (Å²) in [5, 5.41) is 2.85. The molecule has 0 aromatic heterocycles. The summed E-state index contributed by atoms with van der Waals surface area (Å²) in [5.41, 5.74) is 2.30. The van der Waals surface area contributed by atoms with Gasteiger partial charge in [0.1, 0.15) is 6.10 Å². The second-order valence-corrected chi connectivity index (χ2v) is 4.51. The Kier molecular flexibility index (Phi) is 1.65. The number of hydrogen-bond donors (Lipinski definition) is 1. The van der Waals surface area contributed by atoms with Crippen molar-refractivity contribution in [2.24, 2.45) is 0 Å². The van der Waals surface area contributed by atoms with Gasteiger partial charge in [-0.05, 0) is 36.1 Å². The smallest absolute Gasteiger partial charge is 0.408 e. The molecule has 88 valence electrons. The van der Waals surface area contributed by atoms with Gasteiger partial charge in [-0.15, -0.1) is 0 Å². The number of fused-ring (bicyclic) bond motifs is 4. The van der Waals surface area contributed by atoms with Gasteiger partial charge < -0.3 is 19.5 Å². The molecule has 1 fully saturated rings. The number of ether oxygens (including phenoxy) is 3. The van der Waals surface area contributed by atoms with Crippen LogP contribution in [0.5, 0.6) is 11.5 Å². The van der Waals surface area contributed by atoms with Crippen LogP contribution in [0.3, 0.4) is 0 Å². The molecular formula is C12H11NO4. The minimum absolute atomic E-state index is 0.0410. The zero-order valence-corrected chi connectivity index (χ0v) is 9.06. The molecule has 4 rings (SSSR count). The summed E-state index contributed by atoms with van der Waals surface area (Å²) < 4.78 is 15.9. The molecule has 5 heteroatoms. The third-order valence-electron chi connectivity index (χ3n) is 3.57. The maximum atomic E-state index is 11.3. The van der Waals surface area contributed by atoms with Gasteiger partial charge in [0.15, 0.2) is 11.5 Å². The zero-order chi connectivity index (χ0) is 11.4. The molecule has 2 aliphatic heterocycles. The Hall–Kier alpha value is -1.91. The van der Waals surface area contributed by atoms with Gasteiger partial charge in [-0.25, -0.2) is 4.79 Å². The van der Waals surface area contributed by atoms with Crippen molar-refractivity contribution >= 4 is 6.09 Å². The van der Waals surface area contributed by atoms with Crippen LogP contribution in [0.2, 0.25) is 0 Å². The maximum Gasteiger partial charge on any atom is 0.408 e. The quantitative estimate of drug-likeness (QED) is 0.738. The third-order valence-corrected chi connectivity index (χ3v) is 3.57. The largest absolute Gasteiger partial charge is 0.454 e. The van der Waals surface area contributed by atoms with Gasteiger partial charge in [-0.3, -0.25) is 0 Å². The minimum Gasteiger partial charge on any atom is -0.454 e. The molecule has 3 aliphatic rings. The van der Waals surface area contributed by atoms with E-state index in [1.807, 2.05) is 12.1 Å². The van der Waals surface area contributed by atoms with Gasteiger partial charge in [-0.2, -0.15) is 0 Å².